The second kappa shape index (κ2) is 9.84. The van der Waals surface area contributed by atoms with Crippen molar-refractivity contribution >= 4 is 39.7 Å². The highest BCUT2D eigenvalue weighted by Gasteiger charge is 2.47. The minimum atomic E-state index is 0.0105. The van der Waals surface area contributed by atoms with E-state index in [1.54, 1.807) is 31.3 Å². The summed E-state index contributed by atoms with van der Waals surface area (Å²) < 4.78 is 10.3. The second-order valence-corrected chi connectivity index (χ2v) is 13.0. The number of nitrogens with two attached hydrogens (primary N) is 1. The smallest absolute Gasteiger partial charge is 0.254 e. The van der Waals surface area contributed by atoms with Crippen LogP contribution in [0.3, 0.4) is 0 Å². The van der Waals surface area contributed by atoms with Crippen LogP contribution in [0.1, 0.15) is 36.0 Å². The lowest BCUT2D eigenvalue weighted by atomic mass is 10.1. The number of aromatic nitrogens is 5. The van der Waals surface area contributed by atoms with Crippen LogP contribution in [0, 0.1) is 11.8 Å². The number of carbonyl (C=O) groups is 1. The van der Waals surface area contributed by atoms with Crippen LogP contribution < -0.4 is 10.5 Å². The lowest BCUT2D eigenvalue weighted by molar-refractivity contribution is 0.0700. The molecule has 42 heavy (non-hydrogen) atoms. The summed E-state index contributed by atoms with van der Waals surface area (Å²) in [6.45, 7) is 1.63. The van der Waals surface area contributed by atoms with Crippen LogP contribution in [0.5, 0.6) is 5.75 Å². The van der Waals surface area contributed by atoms with Crippen LogP contribution in [0.15, 0.2) is 64.8 Å². The summed E-state index contributed by atoms with van der Waals surface area (Å²) in [5.74, 6) is 2.53. The number of pyridine rings is 2. The van der Waals surface area contributed by atoms with E-state index in [2.05, 4.69) is 32.3 Å². The van der Waals surface area contributed by atoms with Gasteiger partial charge < -0.3 is 24.5 Å². The van der Waals surface area contributed by atoms with Crippen molar-refractivity contribution in [1.82, 2.24) is 29.0 Å². The fraction of sp³-hybridized carbons (Fsp3) is 0.375. The fourth-order valence-corrected chi connectivity index (χ4v) is 7.66. The van der Waals surface area contributed by atoms with Crippen LogP contribution in [0.2, 0.25) is 0 Å². The summed E-state index contributed by atoms with van der Waals surface area (Å²) in [5.41, 5.74) is 10.6. The van der Waals surface area contributed by atoms with Gasteiger partial charge in [-0.25, -0.2) is 9.97 Å². The molecule has 0 radical (unpaired) electrons. The molecule has 1 aromatic carbocycles. The van der Waals surface area contributed by atoms with Gasteiger partial charge in [-0.15, -0.1) is 0 Å². The van der Waals surface area contributed by atoms with Gasteiger partial charge in [-0.3, -0.25) is 9.78 Å². The maximum absolute atomic E-state index is 13.7. The molecule has 0 spiro atoms. The Morgan fingerprint density at radius 2 is 1.90 bits per heavy atom. The van der Waals surface area contributed by atoms with Crippen molar-refractivity contribution in [1.29, 1.82) is 0 Å². The molecule has 2 N–H and O–H groups in total. The van der Waals surface area contributed by atoms with E-state index in [0.29, 0.717) is 23.1 Å². The molecule has 2 bridgehead atoms. The zero-order valence-corrected chi connectivity index (χ0v) is 24.6. The molecule has 1 amide bonds. The van der Waals surface area contributed by atoms with Crippen LogP contribution in [0.25, 0.3) is 33.6 Å². The molecule has 3 atom stereocenters. The number of ether oxygens (including phenoxy) is 1. The Morgan fingerprint density at radius 3 is 2.62 bits per heavy atom. The number of hydrogen-bond acceptors (Lipinski definition) is 7. The Bertz CT molecular complexity index is 1840. The molecule has 1 saturated heterocycles. The van der Waals surface area contributed by atoms with Gasteiger partial charge in [0.25, 0.3) is 5.91 Å². The van der Waals surface area contributed by atoms with Gasteiger partial charge in [0.05, 0.1) is 18.3 Å². The standard InChI is InChI=1S/C32H33N7O2S/c1-37-29-23(13-21(15-26(29)41-2)32(40)39-17-20-5-7-24(39)28(20)33)35-31(37)25-14-19-6-8-27(42-22-9-11-34-12-10-22)36-30(19)38(25)16-18-3-4-18/h6,8-15,18,20,24,28H,3-5,7,16-17,33H2,1-2H3/t20?,24?,28-/m1/s1. The number of amides is 1. The number of aryl methyl sites for hydroxylation is 1. The van der Waals surface area contributed by atoms with E-state index in [1.165, 1.54) is 12.8 Å². The first-order valence-electron chi connectivity index (χ1n) is 14.7. The molecule has 9 nitrogen and oxygen atoms in total. The minimum absolute atomic E-state index is 0.0105. The molecule has 4 aromatic heterocycles. The Labute approximate surface area is 248 Å². The third kappa shape index (κ3) is 4.19. The van der Waals surface area contributed by atoms with Crippen molar-refractivity contribution in [2.24, 2.45) is 24.6 Å². The fourth-order valence-electron chi connectivity index (χ4n) is 6.89. The van der Waals surface area contributed by atoms with Crippen molar-refractivity contribution in [2.75, 3.05) is 13.7 Å². The molecule has 3 aliphatic rings. The molecular weight excluding hydrogens is 546 g/mol. The summed E-state index contributed by atoms with van der Waals surface area (Å²) in [6.07, 6.45) is 8.15. The van der Waals surface area contributed by atoms with E-state index < -0.39 is 0 Å². The second-order valence-electron chi connectivity index (χ2n) is 11.9. The topological polar surface area (TPSA) is 104 Å². The van der Waals surface area contributed by atoms with Gasteiger partial charge in [-0.1, -0.05) is 11.8 Å². The minimum Gasteiger partial charge on any atom is -0.494 e. The number of fused-ring (bicyclic) bond motifs is 4. The SMILES string of the molecule is COc1cc(C(=O)N2CC3CCC2[C@@H]3N)cc2nc(-c3cc4ccc(Sc5ccncc5)nc4n3CC3CC3)n(C)c12. The summed E-state index contributed by atoms with van der Waals surface area (Å²) >= 11 is 1.64. The van der Waals surface area contributed by atoms with Gasteiger partial charge >= 0.3 is 0 Å². The number of carbonyl (C=O) groups excluding carboxylic acids is 1. The third-order valence-electron chi connectivity index (χ3n) is 9.27. The molecule has 2 saturated carbocycles. The molecule has 3 fully saturated rings. The van der Waals surface area contributed by atoms with Gasteiger partial charge in [-0.05, 0) is 80.0 Å². The lowest BCUT2D eigenvalue weighted by Gasteiger charge is -2.27. The molecular formula is C32H33N7O2S. The average Bonchev–Trinajstić information content (AvgIpc) is 3.42. The highest BCUT2D eigenvalue weighted by molar-refractivity contribution is 7.99. The molecule has 5 heterocycles. The van der Waals surface area contributed by atoms with E-state index >= 15 is 0 Å². The molecule has 2 unspecified atom stereocenters. The Hall–Kier alpha value is -3.89. The Kier molecular flexibility index (Phi) is 6.05. The van der Waals surface area contributed by atoms with Crippen molar-refractivity contribution in [2.45, 2.75) is 54.2 Å². The predicted molar refractivity (Wildman–Crippen MR) is 163 cm³/mol. The van der Waals surface area contributed by atoms with Gasteiger partial charge in [0.1, 0.15) is 21.9 Å². The average molecular weight is 580 g/mol. The highest BCUT2D eigenvalue weighted by Crippen LogP contribution is 2.40. The van der Waals surface area contributed by atoms with Crippen LogP contribution in [-0.4, -0.2) is 60.6 Å². The maximum Gasteiger partial charge on any atom is 0.254 e. The third-order valence-corrected chi connectivity index (χ3v) is 10.2. The van der Waals surface area contributed by atoms with E-state index in [9.17, 15) is 4.79 Å². The summed E-state index contributed by atoms with van der Waals surface area (Å²) in [5, 5.41) is 2.03. The first-order chi connectivity index (χ1) is 20.5. The summed E-state index contributed by atoms with van der Waals surface area (Å²) in [6, 6.07) is 14.4. The van der Waals surface area contributed by atoms with Crippen LogP contribution in [0.4, 0.5) is 0 Å². The van der Waals surface area contributed by atoms with Crippen molar-refractivity contribution in [3.05, 3.63) is 60.4 Å². The molecule has 10 heteroatoms. The normalized spacial score (nSPS) is 21.6. The quantitative estimate of drug-likeness (QED) is 0.286. The van der Waals surface area contributed by atoms with E-state index in [-0.39, 0.29) is 18.0 Å². The van der Waals surface area contributed by atoms with Crippen molar-refractivity contribution in [3.8, 4) is 17.3 Å². The Balaban J connectivity index is 1.21. The monoisotopic (exact) mass is 579 g/mol. The largest absolute Gasteiger partial charge is 0.494 e. The van der Waals surface area contributed by atoms with E-state index in [0.717, 1.165) is 69.4 Å². The van der Waals surface area contributed by atoms with E-state index in [1.807, 2.05) is 36.2 Å². The van der Waals surface area contributed by atoms with Gasteiger partial charge in [0.2, 0.25) is 0 Å². The van der Waals surface area contributed by atoms with Crippen LogP contribution in [-0.2, 0) is 13.6 Å². The van der Waals surface area contributed by atoms with Gasteiger partial charge in [-0.2, -0.15) is 0 Å². The first kappa shape index (κ1) is 25.8. The number of benzene rings is 1. The summed E-state index contributed by atoms with van der Waals surface area (Å²) in [4.78, 5) is 31.1. The summed E-state index contributed by atoms with van der Waals surface area (Å²) in [7, 11) is 3.67. The Morgan fingerprint density at radius 1 is 1.07 bits per heavy atom. The van der Waals surface area contributed by atoms with Crippen molar-refractivity contribution < 1.29 is 9.53 Å². The number of nitrogens with zero attached hydrogens (tertiary/aromatic N) is 6. The number of piperidine rings is 1. The number of rotatable bonds is 7. The number of likely N-dealkylation sites (tertiary alicyclic amines) is 1. The first-order valence-corrected chi connectivity index (χ1v) is 15.5. The number of hydrogen-bond donors (Lipinski definition) is 1. The lowest BCUT2D eigenvalue weighted by Crippen LogP contribution is -2.41. The van der Waals surface area contributed by atoms with Crippen molar-refractivity contribution in [3.63, 3.8) is 0 Å². The van der Waals surface area contributed by atoms with E-state index in [4.69, 9.17) is 20.4 Å². The predicted octanol–water partition coefficient (Wildman–Crippen LogP) is 5.12. The number of methoxy groups -OCH3 is 1. The van der Waals surface area contributed by atoms with Crippen LogP contribution >= 0.6 is 11.8 Å². The molecule has 2 aliphatic carbocycles. The highest BCUT2D eigenvalue weighted by atomic mass is 32.2. The molecule has 5 aromatic rings. The molecule has 1 aliphatic heterocycles. The molecule has 214 valence electrons. The number of imidazole rings is 1. The van der Waals surface area contributed by atoms with Gasteiger partial charge in [0.15, 0.2) is 5.82 Å². The maximum atomic E-state index is 13.7. The zero-order chi connectivity index (χ0) is 28.5. The van der Waals surface area contributed by atoms with Gasteiger partial charge in [0, 0.05) is 60.5 Å². The zero-order valence-electron chi connectivity index (χ0n) is 23.7. The molecule has 8 rings (SSSR count).